The second kappa shape index (κ2) is 6.64. The van der Waals surface area contributed by atoms with Crippen molar-refractivity contribution in [3.05, 3.63) is 29.8 Å². The van der Waals surface area contributed by atoms with E-state index in [9.17, 15) is 9.59 Å². The first-order valence-corrected chi connectivity index (χ1v) is 5.75. The molecule has 1 atom stereocenters. The van der Waals surface area contributed by atoms with Gasteiger partial charge in [-0.3, -0.25) is 9.59 Å². The van der Waals surface area contributed by atoms with Gasteiger partial charge in [-0.25, -0.2) is 0 Å². The minimum atomic E-state index is -1.01. The molecule has 5 nitrogen and oxygen atoms in total. The summed E-state index contributed by atoms with van der Waals surface area (Å²) in [5.41, 5.74) is 5.87. The number of amides is 1. The lowest BCUT2D eigenvalue weighted by Crippen LogP contribution is -2.24. The normalized spacial score (nSPS) is 11.8. The highest BCUT2D eigenvalue weighted by Crippen LogP contribution is 2.17. The number of hydrogen-bond donors (Lipinski definition) is 2. The first-order valence-electron chi connectivity index (χ1n) is 5.75. The Hall–Kier alpha value is -2.04. The van der Waals surface area contributed by atoms with E-state index in [0.717, 1.165) is 11.3 Å². The summed E-state index contributed by atoms with van der Waals surface area (Å²) in [6.07, 6.45) is 0.132. The van der Waals surface area contributed by atoms with Crippen molar-refractivity contribution in [1.82, 2.24) is 0 Å². The molecule has 0 aliphatic carbocycles. The Morgan fingerprint density at radius 3 is 2.39 bits per heavy atom. The lowest BCUT2D eigenvalue weighted by molar-refractivity contribution is -0.143. The lowest BCUT2D eigenvalue weighted by Gasteiger charge is -2.11. The average Bonchev–Trinajstić information content (AvgIpc) is 2.30. The van der Waals surface area contributed by atoms with Gasteiger partial charge in [0, 0.05) is 6.42 Å². The van der Waals surface area contributed by atoms with Crippen molar-refractivity contribution in [2.24, 2.45) is 11.7 Å². The van der Waals surface area contributed by atoms with Gasteiger partial charge in [0.1, 0.15) is 5.75 Å². The maximum Gasteiger partial charge on any atom is 0.307 e. The van der Waals surface area contributed by atoms with Gasteiger partial charge in [0.2, 0.25) is 5.91 Å². The molecule has 3 N–H and O–H groups in total. The molecule has 18 heavy (non-hydrogen) atoms. The maximum absolute atomic E-state index is 11.0. The minimum absolute atomic E-state index is 0.150. The van der Waals surface area contributed by atoms with Gasteiger partial charge in [-0.05, 0) is 31.0 Å². The smallest absolute Gasteiger partial charge is 0.307 e. The van der Waals surface area contributed by atoms with E-state index >= 15 is 0 Å². The van der Waals surface area contributed by atoms with Gasteiger partial charge in [0.15, 0.2) is 0 Å². The third-order valence-corrected chi connectivity index (χ3v) is 2.51. The van der Waals surface area contributed by atoms with E-state index in [1.54, 1.807) is 24.3 Å². The molecule has 1 rings (SSSR count). The van der Waals surface area contributed by atoms with Crippen LogP contribution in [0.25, 0.3) is 0 Å². The Bertz CT molecular complexity index is 414. The molecular formula is C13H17NO4. The Morgan fingerprint density at radius 2 is 1.94 bits per heavy atom. The van der Waals surface area contributed by atoms with Gasteiger partial charge in [0.25, 0.3) is 0 Å². The van der Waals surface area contributed by atoms with Gasteiger partial charge in [0.05, 0.1) is 12.5 Å². The van der Waals surface area contributed by atoms with Crippen LogP contribution in [0.5, 0.6) is 5.75 Å². The third kappa shape index (κ3) is 4.45. The molecule has 98 valence electrons. The summed E-state index contributed by atoms with van der Waals surface area (Å²) in [7, 11) is 0. The zero-order chi connectivity index (χ0) is 13.5. The van der Waals surface area contributed by atoms with Crippen molar-refractivity contribution in [3.8, 4) is 5.75 Å². The number of rotatable bonds is 7. The number of primary amides is 1. The number of ether oxygens (including phenoxy) is 1. The van der Waals surface area contributed by atoms with E-state index in [-0.39, 0.29) is 12.8 Å². The topological polar surface area (TPSA) is 89.6 Å². The van der Waals surface area contributed by atoms with Crippen LogP contribution >= 0.6 is 0 Å². The maximum atomic E-state index is 11.0. The van der Waals surface area contributed by atoms with Crippen LogP contribution in [0.1, 0.15) is 18.9 Å². The van der Waals surface area contributed by atoms with E-state index in [2.05, 4.69) is 0 Å². The number of carbonyl (C=O) groups excluding carboxylic acids is 1. The summed E-state index contributed by atoms with van der Waals surface area (Å²) in [5.74, 6) is -1.65. The van der Waals surface area contributed by atoms with Crippen LogP contribution in [-0.4, -0.2) is 23.6 Å². The van der Waals surface area contributed by atoms with Crippen molar-refractivity contribution < 1.29 is 19.4 Å². The molecule has 1 unspecified atom stereocenters. The van der Waals surface area contributed by atoms with Crippen LogP contribution in [0.15, 0.2) is 24.3 Å². The fraction of sp³-hybridized carbons (Fsp3) is 0.385. The molecule has 0 saturated carbocycles. The van der Waals surface area contributed by atoms with Crippen molar-refractivity contribution >= 4 is 11.9 Å². The number of nitrogens with two attached hydrogens (primary N) is 1. The molecule has 0 aromatic heterocycles. The lowest BCUT2D eigenvalue weighted by atomic mass is 9.96. The zero-order valence-corrected chi connectivity index (χ0v) is 10.3. The summed E-state index contributed by atoms with van der Waals surface area (Å²) in [4.78, 5) is 21.8. The van der Waals surface area contributed by atoms with E-state index in [4.69, 9.17) is 15.6 Å². The van der Waals surface area contributed by atoms with Crippen molar-refractivity contribution in [3.63, 3.8) is 0 Å². The summed E-state index contributed by atoms with van der Waals surface area (Å²) in [6.45, 7) is 2.47. The summed E-state index contributed by atoms with van der Waals surface area (Å²) >= 11 is 0. The molecule has 0 spiro atoms. The number of carboxylic acids is 1. The van der Waals surface area contributed by atoms with Crippen LogP contribution in [-0.2, 0) is 16.0 Å². The van der Waals surface area contributed by atoms with Crippen molar-refractivity contribution in [1.29, 1.82) is 0 Å². The molecule has 0 bridgehead atoms. The molecule has 0 aliphatic rings. The first kappa shape index (κ1) is 14.0. The second-order valence-electron chi connectivity index (χ2n) is 3.99. The van der Waals surface area contributed by atoms with E-state index < -0.39 is 17.8 Å². The van der Waals surface area contributed by atoms with E-state index in [0.29, 0.717) is 6.61 Å². The van der Waals surface area contributed by atoms with E-state index in [1.165, 1.54) is 0 Å². The second-order valence-corrected chi connectivity index (χ2v) is 3.99. The number of hydrogen-bond acceptors (Lipinski definition) is 3. The number of carboxylic acid groups (broad SMARTS) is 1. The summed E-state index contributed by atoms with van der Waals surface area (Å²) in [6, 6.07) is 7.15. The fourth-order valence-electron chi connectivity index (χ4n) is 1.66. The molecule has 0 radical (unpaired) electrons. The highest BCUT2D eigenvalue weighted by atomic mass is 16.5. The quantitative estimate of drug-likeness (QED) is 0.762. The molecule has 1 aromatic rings. The predicted octanol–water partition coefficient (Wildman–Crippen LogP) is 1.20. The van der Waals surface area contributed by atoms with Crippen molar-refractivity contribution in [2.45, 2.75) is 19.8 Å². The average molecular weight is 251 g/mol. The SMILES string of the molecule is CCOc1ccc(CC(CC(N)=O)C(=O)O)cc1. The number of aliphatic carboxylic acids is 1. The molecule has 0 saturated heterocycles. The zero-order valence-electron chi connectivity index (χ0n) is 10.3. The highest BCUT2D eigenvalue weighted by molar-refractivity contribution is 5.81. The Morgan fingerprint density at radius 1 is 1.33 bits per heavy atom. The monoisotopic (exact) mass is 251 g/mol. The number of carbonyl (C=O) groups is 2. The highest BCUT2D eigenvalue weighted by Gasteiger charge is 2.20. The number of benzene rings is 1. The van der Waals surface area contributed by atoms with Gasteiger partial charge < -0.3 is 15.6 Å². The standard InChI is InChI=1S/C13H17NO4/c1-2-18-11-5-3-9(4-6-11)7-10(13(16)17)8-12(14)15/h3-6,10H,2,7-8H2,1H3,(H2,14,15)(H,16,17). The summed E-state index contributed by atoms with van der Waals surface area (Å²) in [5, 5.41) is 8.99. The van der Waals surface area contributed by atoms with Crippen LogP contribution in [0, 0.1) is 5.92 Å². The third-order valence-electron chi connectivity index (χ3n) is 2.51. The summed E-state index contributed by atoms with van der Waals surface area (Å²) < 4.78 is 5.29. The van der Waals surface area contributed by atoms with Crippen LogP contribution in [0.3, 0.4) is 0 Å². The molecule has 0 heterocycles. The van der Waals surface area contributed by atoms with Crippen LogP contribution in [0.4, 0.5) is 0 Å². The fourth-order valence-corrected chi connectivity index (χ4v) is 1.66. The Balaban J connectivity index is 2.68. The van der Waals surface area contributed by atoms with Crippen LogP contribution in [0.2, 0.25) is 0 Å². The van der Waals surface area contributed by atoms with Gasteiger partial charge in [-0.2, -0.15) is 0 Å². The van der Waals surface area contributed by atoms with Crippen LogP contribution < -0.4 is 10.5 Å². The molecular weight excluding hydrogens is 234 g/mol. The first-order chi connectivity index (χ1) is 8.52. The van der Waals surface area contributed by atoms with E-state index in [1.807, 2.05) is 6.92 Å². The Kier molecular flexibility index (Phi) is 5.17. The largest absolute Gasteiger partial charge is 0.494 e. The molecule has 5 heteroatoms. The molecule has 1 aromatic carbocycles. The van der Waals surface area contributed by atoms with Crippen molar-refractivity contribution in [2.75, 3.05) is 6.61 Å². The Labute approximate surface area is 106 Å². The molecule has 1 amide bonds. The van der Waals surface area contributed by atoms with Gasteiger partial charge in [-0.15, -0.1) is 0 Å². The minimum Gasteiger partial charge on any atom is -0.494 e. The molecule has 0 fully saturated rings. The van der Waals surface area contributed by atoms with Gasteiger partial charge >= 0.3 is 5.97 Å². The van der Waals surface area contributed by atoms with Gasteiger partial charge in [-0.1, -0.05) is 12.1 Å². The molecule has 0 aliphatic heterocycles. The predicted molar refractivity (Wildman–Crippen MR) is 66.3 cm³/mol.